The molecule has 506 valence electrons. The Hall–Kier alpha value is -7.05. The zero-order valence-electron chi connectivity index (χ0n) is 43.8. The summed E-state index contributed by atoms with van der Waals surface area (Å²) in [6.45, 7) is -3.01. The molecule has 88 heavy (non-hydrogen) atoms. The Kier molecular flexibility index (Phi) is 39.2. The molecule has 0 saturated carbocycles. The van der Waals surface area contributed by atoms with Gasteiger partial charge in [-0.05, 0) is 29.9 Å². The van der Waals surface area contributed by atoms with Gasteiger partial charge in [0.25, 0.3) is 0 Å². The summed E-state index contributed by atoms with van der Waals surface area (Å²) in [7, 11) is 0. The van der Waals surface area contributed by atoms with Crippen LogP contribution in [0.15, 0.2) is 77.7 Å². The number of hydrogen-bond donors (Lipinski definition) is 21. The number of ether oxygens (including phenoxy) is 4. The number of benzene rings is 1. The SMILES string of the molecule is C.C.C.C.CC(=O)N[C@H]1C([C@H](O)[C@H](O)CO)OC(C(=O)[O-])=C[C@H]1O.N[C@H]1C([C@H](O)[C@H](O)CO)OC(C(=O)[O-])=C[C@H]1O.O=C(CO)N[C@H]1C([C@H](O)[C@H](O)CO)OC(C(=O)[O-])=C[C@H]1O.O=C(Cc1ccccc1)N[C@H]1C([C@H](O)[C@H](O)CO)OC(C(=O)[O-])=C[C@H]1O. The predicted molar refractivity (Wildman–Crippen MR) is 286 cm³/mol. The number of rotatable bonds is 22. The standard InChI is InChI=1S/C17H21NO8.C11H17NO9.C11H17NO8.C9H15NO7.4CH4/c19-8-11(21)15(23)16-14(10(20)7-12(26-16)17(24)25)18-13(22)6-9-4-2-1-3-5-9;13-2-5(16)9(18)10-8(12-7(17)3-14)4(15)1-6(21-10)11(19)20;1-4(14)12-8-5(15)2-7(11(18)19)20-10(8)9(17)6(16)3-13;10-6-3(12)1-5(9(15)16)17-8(6)7(14)4(13)2-11;;;;/h1-5,7,10-11,14-16,19-21,23H,6,8H2,(H,18,22)(H,24,25);1,4-5,8-10,13-16,18H,2-3H2,(H,12,17)(H,19,20);2,5-6,8-10,13,15-17H,3H2,1H3,(H,12,14)(H,18,19);1,3-4,6-8,11-14H,2,10H2,(H,15,16);4*1H4/p-4/t10-,11-,14-,15-,16?;4-,5-,8-,9-,10?;5-,6-,8-,9-,10?;3-,4-,6-,7-,8?;;;;/m1111..../s1. The number of carboxylic acids is 4. The van der Waals surface area contributed by atoms with E-state index in [1.165, 1.54) is 0 Å². The number of carboxylic acid groups (broad SMARTS) is 4. The second-order valence-electron chi connectivity index (χ2n) is 18.3. The van der Waals surface area contributed by atoms with Crippen LogP contribution in [-0.4, -0.2) is 283 Å². The summed E-state index contributed by atoms with van der Waals surface area (Å²) in [6.07, 6.45) is -22.1. The largest absolute Gasteiger partial charge is 0.542 e. The van der Waals surface area contributed by atoms with Crippen molar-refractivity contribution >= 4 is 41.6 Å². The lowest BCUT2D eigenvalue weighted by atomic mass is 9.93. The van der Waals surface area contributed by atoms with E-state index < -0.39 is 220 Å². The van der Waals surface area contributed by atoms with Crippen LogP contribution in [0.3, 0.4) is 0 Å². The quantitative estimate of drug-likeness (QED) is 0.0513. The van der Waals surface area contributed by atoms with Gasteiger partial charge in [0.15, 0.2) is 18.3 Å². The number of nitrogens with one attached hydrogen (secondary N) is 3. The molecule has 5 rings (SSSR count). The summed E-state index contributed by atoms with van der Waals surface area (Å²) in [5, 5.41) is 210. The van der Waals surface area contributed by atoms with E-state index in [1.807, 2.05) is 0 Å². The number of aliphatic hydroxyl groups excluding tert-OH is 17. The Morgan fingerprint density at radius 1 is 0.455 bits per heavy atom. The first kappa shape index (κ1) is 85.2. The molecular formula is C52H82N4O32-4. The van der Waals surface area contributed by atoms with Gasteiger partial charge in [0.2, 0.25) is 17.7 Å². The Bertz CT molecular complexity index is 2470. The Morgan fingerprint density at radius 3 is 1.01 bits per heavy atom. The number of carbonyl (C=O) groups excluding carboxylic acids is 7. The van der Waals surface area contributed by atoms with Crippen molar-refractivity contribution in [3.63, 3.8) is 0 Å². The second-order valence-corrected chi connectivity index (χ2v) is 18.3. The lowest BCUT2D eigenvalue weighted by Crippen LogP contribution is -2.60. The summed E-state index contributed by atoms with van der Waals surface area (Å²) in [4.78, 5) is 77.5. The summed E-state index contributed by atoms with van der Waals surface area (Å²) in [5.41, 5.74) is 6.20. The summed E-state index contributed by atoms with van der Waals surface area (Å²) >= 11 is 0. The van der Waals surface area contributed by atoms with Crippen molar-refractivity contribution in [3.05, 3.63) is 83.2 Å². The summed E-state index contributed by atoms with van der Waals surface area (Å²) in [6, 6.07) is 3.83. The molecule has 3 amide bonds. The Morgan fingerprint density at radius 2 is 0.727 bits per heavy atom. The van der Waals surface area contributed by atoms with E-state index in [0.717, 1.165) is 31.2 Å². The maximum Gasteiger partial charge on any atom is 0.246 e. The van der Waals surface area contributed by atoms with Gasteiger partial charge in [0, 0.05) is 6.92 Å². The molecule has 1 aromatic carbocycles. The van der Waals surface area contributed by atoms with E-state index in [9.17, 15) is 115 Å². The first-order valence-electron chi connectivity index (χ1n) is 24.6. The maximum atomic E-state index is 12.2. The van der Waals surface area contributed by atoms with Crippen molar-refractivity contribution in [2.45, 2.75) is 165 Å². The normalized spacial score (nSPS) is 26.8. The lowest BCUT2D eigenvalue weighted by molar-refractivity contribution is -0.306. The molecule has 4 unspecified atom stereocenters. The fourth-order valence-corrected chi connectivity index (χ4v) is 7.77. The molecule has 4 aliphatic rings. The van der Waals surface area contributed by atoms with E-state index in [4.69, 9.17) is 50.2 Å². The highest BCUT2D eigenvalue weighted by molar-refractivity contribution is 5.85. The van der Waals surface area contributed by atoms with E-state index in [-0.39, 0.29) is 36.1 Å². The monoisotopic (exact) mass is 1270 g/mol. The Labute approximate surface area is 503 Å². The van der Waals surface area contributed by atoms with Crippen molar-refractivity contribution in [3.8, 4) is 0 Å². The third kappa shape index (κ3) is 24.8. The van der Waals surface area contributed by atoms with Crippen LogP contribution in [0.1, 0.15) is 42.2 Å². The maximum absolute atomic E-state index is 12.2. The van der Waals surface area contributed by atoms with Crippen molar-refractivity contribution in [1.29, 1.82) is 0 Å². The third-order valence-corrected chi connectivity index (χ3v) is 12.1. The number of hydrogen-bond acceptors (Lipinski definition) is 33. The van der Waals surface area contributed by atoms with Crippen molar-refractivity contribution in [2.24, 2.45) is 5.73 Å². The molecule has 20 atom stereocenters. The first-order valence-corrected chi connectivity index (χ1v) is 24.6. The molecule has 0 spiro atoms. The molecule has 4 aliphatic heterocycles. The third-order valence-electron chi connectivity index (χ3n) is 12.1. The molecule has 4 heterocycles. The molecule has 36 nitrogen and oxygen atoms in total. The van der Waals surface area contributed by atoms with E-state index >= 15 is 0 Å². The molecule has 1 aromatic rings. The van der Waals surface area contributed by atoms with Gasteiger partial charge in [-0.1, -0.05) is 60.0 Å². The molecule has 0 aliphatic carbocycles. The van der Waals surface area contributed by atoms with Gasteiger partial charge < -0.3 is 167 Å². The highest BCUT2D eigenvalue weighted by atomic mass is 16.6. The fraction of sp³-hybridized carbons (Fsp3) is 0.596. The zero-order valence-corrected chi connectivity index (χ0v) is 43.8. The van der Waals surface area contributed by atoms with Gasteiger partial charge in [0.1, 0.15) is 108 Å². The van der Waals surface area contributed by atoms with Crippen molar-refractivity contribution in [2.75, 3.05) is 33.0 Å². The van der Waals surface area contributed by atoms with E-state index in [2.05, 4.69) is 16.0 Å². The molecule has 0 radical (unpaired) electrons. The molecule has 0 bridgehead atoms. The average Bonchev–Trinajstić information content (AvgIpc) is 1.37. The minimum Gasteiger partial charge on any atom is -0.542 e. The van der Waals surface area contributed by atoms with Gasteiger partial charge in [-0.15, -0.1) is 0 Å². The van der Waals surface area contributed by atoms with Crippen LogP contribution < -0.4 is 42.1 Å². The van der Waals surface area contributed by atoms with Gasteiger partial charge in [-0.25, -0.2) is 0 Å². The zero-order chi connectivity index (χ0) is 64.0. The molecule has 0 saturated heterocycles. The molecule has 0 aromatic heterocycles. The van der Waals surface area contributed by atoms with Gasteiger partial charge in [-0.3, -0.25) is 14.4 Å². The van der Waals surface area contributed by atoms with E-state index in [1.54, 1.807) is 30.3 Å². The fourth-order valence-electron chi connectivity index (χ4n) is 7.77. The summed E-state index contributed by atoms with van der Waals surface area (Å²) in [5.74, 6) is -11.8. The topological polar surface area (TPSA) is 655 Å². The molecule has 36 heteroatoms. The van der Waals surface area contributed by atoms with Crippen LogP contribution in [0.4, 0.5) is 0 Å². The molecule has 0 fully saturated rings. The van der Waals surface area contributed by atoms with Crippen LogP contribution in [0, 0.1) is 0 Å². The van der Waals surface area contributed by atoms with Crippen LogP contribution >= 0.6 is 0 Å². The highest BCUT2D eigenvalue weighted by Crippen LogP contribution is 2.26. The predicted octanol–water partition coefficient (Wildman–Crippen LogP) is -15.0. The smallest absolute Gasteiger partial charge is 0.246 e. The number of nitrogens with two attached hydrogens (primary N) is 1. The lowest BCUT2D eigenvalue weighted by Gasteiger charge is -2.39. The highest BCUT2D eigenvalue weighted by Gasteiger charge is 2.45. The number of amides is 3. The second kappa shape index (κ2) is 40.5. The Balaban J connectivity index is -0.00000109. The number of aliphatic carboxylic acids is 4. The van der Waals surface area contributed by atoms with Crippen LogP contribution in [0.25, 0.3) is 0 Å². The summed E-state index contributed by atoms with van der Waals surface area (Å²) < 4.78 is 19.7. The van der Waals surface area contributed by atoms with Crippen molar-refractivity contribution < 1.29 is 160 Å². The first-order chi connectivity index (χ1) is 39.3. The number of aliphatic hydroxyl groups is 17. The minimum atomic E-state index is -1.81. The van der Waals surface area contributed by atoms with Crippen molar-refractivity contribution in [1.82, 2.24) is 16.0 Å². The molecular weight excluding hydrogens is 1190 g/mol. The van der Waals surface area contributed by atoms with Crippen LogP contribution in [-0.2, 0) is 58.9 Å². The van der Waals surface area contributed by atoms with Crippen LogP contribution in [0.2, 0.25) is 0 Å². The molecule has 22 N–H and O–H groups in total. The van der Waals surface area contributed by atoms with Gasteiger partial charge in [0.05, 0.1) is 81.4 Å². The minimum absolute atomic E-state index is 0. The van der Waals surface area contributed by atoms with Crippen LogP contribution in [0.5, 0.6) is 0 Å². The average molecular weight is 1280 g/mol. The van der Waals surface area contributed by atoms with Gasteiger partial charge in [-0.2, -0.15) is 0 Å². The van der Waals surface area contributed by atoms with E-state index in [0.29, 0.717) is 5.56 Å². The number of carbonyl (C=O) groups is 7. The van der Waals surface area contributed by atoms with Gasteiger partial charge >= 0.3 is 0 Å².